The number of carbonyl (C=O) groups excluding carboxylic acids is 1. The first-order valence-electron chi connectivity index (χ1n) is 8.17. The zero-order valence-corrected chi connectivity index (χ0v) is 14.7. The molecule has 4 heteroatoms. The van der Waals surface area contributed by atoms with Crippen LogP contribution >= 0.6 is 12.4 Å². The molecule has 1 aliphatic rings. The van der Waals surface area contributed by atoms with Crippen molar-refractivity contribution in [2.75, 3.05) is 6.54 Å². The Hall–Kier alpha value is -1.06. The van der Waals surface area contributed by atoms with E-state index in [0.717, 1.165) is 25.8 Å². The number of amides is 1. The van der Waals surface area contributed by atoms with Gasteiger partial charge in [-0.25, -0.2) is 0 Å². The molecular formula is C18H29ClN2O. The van der Waals surface area contributed by atoms with Crippen molar-refractivity contribution in [2.24, 2.45) is 11.7 Å². The lowest BCUT2D eigenvalue weighted by atomic mass is 9.87. The number of halogens is 1. The molecule has 0 spiro atoms. The topological polar surface area (TPSA) is 46.3 Å². The molecule has 2 rings (SSSR count). The van der Waals surface area contributed by atoms with Crippen molar-refractivity contribution < 1.29 is 4.79 Å². The molecule has 4 atom stereocenters. The van der Waals surface area contributed by atoms with Crippen LogP contribution in [0.3, 0.4) is 0 Å². The fraction of sp³-hybridized carbons (Fsp3) is 0.611. The molecule has 0 saturated carbocycles. The van der Waals surface area contributed by atoms with Crippen molar-refractivity contribution in [1.82, 2.24) is 4.90 Å². The molecule has 3 nitrogen and oxygen atoms in total. The second-order valence-corrected chi connectivity index (χ2v) is 6.31. The molecule has 4 unspecified atom stereocenters. The van der Waals surface area contributed by atoms with Gasteiger partial charge in [-0.2, -0.15) is 0 Å². The van der Waals surface area contributed by atoms with Gasteiger partial charge in [0.1, 0.15) is 0 Å². The molecule has 124 valence electrons. The Kier molecular flexibility index (Phi) is 7.37. The summed E-state index contributed by atoms with van der Waals surface area (Å²) in [5.41, 5.74) is 7.27. The maximum atomic E-state index is 12.7. The lowest BCUT2D eigenvalue weighted by molar-refractivity contribution is -0.136. The second-order valence-electron chi connectivity index (χ2n) is 6.31. The van der Waals surface area contributed by atoms with Gasteiger partial charge in [0.15, 0.2) is 0 Å². The minimum absolute atomic E-state index is 0. The molecular weight excluding hydrogens is 296 g/mol. The maximum Gasteiger partial charge on any atom is 0.227 e. The van der Waals surface area contributed by atoms with Crippen molar-refractivity contribution in [2.45, 2.75) is 58.0 Å². The van der Waals surface area contributed by atoms with Crippen LogP contribution in [0.2, 0.25) is 0 Å². The van der Waals surface area contributed by atoms with Crippen LogP contribution in [0.15, 0.2) is 30.3 Å². The van der Waals surface area contributed by atoms with Crippen LogP contribution in [0.1, 0.15) is 51.5 Å². The molecule has 2 N–H and O–H groups in total. The van der Waals surface area contributed by atoms with Gasteiger partial charge in [-0.1, -0.05) is 44.2 Å². The van der Waals surface area contributed by atoms with E-state index in [2.05, 4.69) is 36.1 Å². The molecule has 0 aliphatic carbocycles. The highest BCUT2D eigenvalue weighted by molar-refractivity contribution is 5.85. The summed E-state index contributed by atoms with van der Waals surface area (Å²) in [6.07, 6.45) is 3.27. The number of hydrogen-bond acceptors (Lipinski definition) is 2. The largest absolute Gasteiger partial charge is 0.339 e. The minimum atomic E-state index is -0.0983. The molecule has 1 aromatic rings. The summed E-state index contributed by atoms with van der Waals surface area (Å²) >= 11 is 0. The Morgan fingerprint density at radius 2 is 1.95 bits per heavy atom. The van der Waals surface area contributed by atoms with Gasteiger partial charge in [-0.05, 0) is 31.7 Å². The standard InChI is InChI=1S/C18H28N2O.ClH/c1-4-16(15-9-6-5-7-10-15)17-11-8-12-20(17)18(21)13(2)14(3)19;/h5-7,9-10,13-14,16-17H,4,8,11-12,19H2,1-3H3;1H. The zero-order chi connectivity index (χ0) is 15.4. The van der Waals surface area contributed by atoms with Gasteiger partial charge in [0.05, 0.1) is 5.92 Å². The van der Waals surface area contributed by atoms with Crippen molar-refractivity contribution in [3.63, 3.8) is 0 Å². The van der Waals surface area contributed by atoms with Crippen molar-refractivity contribution >= 4 is 18.3 Å². The number of carbonyl (C=O) groups is 1. The number of benzene rings is 1. The fourth-order valence-electron chi connectivity index (χ4n) is 3.40. The number of rotatable bonds is 5. The van der Waals surface area contributed by atoms with E-state index >= 15 is 0 Å². The van der Waals surface area contributed by atoms with Crippen LogP contribution in [0.25, 0.3) is 0 Å². The molecule has 1 amide bonds. The highest BCUT2D eigenvalue weighted by Crippen LogP contribution is 2.34. The Labute approximate surface area is 140 Å². The van der Waals surface area contributed by atoms with E-state index in [-0.39, 0.29) is 30.3 Å². The van der Waals surface area contributed by atoms with Gasteiger partial charge >= 0.3 is 0 Å². The highest BCUT2D eigenvalue weighted by atomic mass is 35.5. The highest BCUT2D eigenvalue weighted by Gasteiger charge is 2.36. The normalized spacial score (nSPS) is 21.8. The molecule has 1 fully saturated rings. The van der Waals surface area contributed by atoms with Gasteiger partial charge < -0.3 is 10.6 Å². The summed E-state index contributed by atoms with van der Waals surface area (Å²) in [5, 5.41) is 0. The van der Waals surface area contributed by atoms with Gasteiger partial charge in [0.25, 0.3) is 0 Å². The van der Waals surface area contributed by atoms with E-state index < -0.39 is 0 Å². The summed E-state index contributed by atoms with van der Waals surface area (Å²) < 4.78 is 0. The molecule has 1 aromatic carbocycles. The third-order valence-corrected chi connectivity index (χ3v) is 4.89. The van der Waals surface area contributed by atoms with Crippen LogP contribution in [0.5, 0.6) is 0 Å². The zero-order valence-electron chi connectivity index (χ0n) is 13.9. The smallest absolute Gasteiger partial charge is 0.227 e. The monoisotopic (exact) mass is 324 g/mol. The summed E-state index contributed by atoms with van der Waals surface area (Å²) in [7, 11) is 0. The summed E-state index contributed by atoms with van der Waals surface area (Å²) in [6.45, 7) is 6.96. The average Bonchev–Trinajstić information content (AvgIpc) is 2.97. The van der Waals surface area contributed by atoms with E-state index in [4.69, 9.17) is 5.73 Å². The van der Waals surface area contributed by atoms with Gasteiger partial charge in [0, 0.05) is 24.5 Å². The third-order valence-electron chi connectivity index (χ3n) is 4.89. The van der Waals surface area contributed by atoms with Gasteiger partial charge in [-0.3, -0.25) is 4.79 Å². The third kappa shape index (κ3) is 4.02. The van der Waals surface area contributed by atoms with E-state index in [1.807, 2.05) is 19.9 Å². The average molecular weight is 325 g/mol. The van der Waals surface area contributed by atoms with Crippen LogP contribution < -0.4 is 5.73 Å². The lowest BCUT2D eigenvalue weighted by Gasteiger charge is -2.34. The summed E-state index contributed by atoms with van der Waals surface area (Å²) in [6, 6.07) is 10.8. The molecule has 1 saturated heterocycles. The molecule has 0 bridgehead atoms. The van der Waals surface area contributed by atoms with Crippen LogP contribution in [-0.2, 0) is 4.79 Å². The molecule has 1 heterocycles. The molecule has 0 radical (unpaired) electrons. The number of hydrogen-bond donors (Lipinski definition) is 1. The predicted molar refractivity (Wildman–Crippen MR) is 94.3 cm³/mol. The Morgan fingerprint density at radius 3 is 2.50 bits per heavy atom. The van der Waals surface area contributed by atoms with Crippen LogP contribution in [0.4, 0.5) is 0 Å². The first-order valence-corrected chi connectivity index (χ1v) is 8.17. The van der Waals surface area contributed by atoms with E-state index in [1.165, 1.54) is 5.56 Å². The van der Waals surface area contributed by atoms with Crippen LogP contribution in [-0.4, -0.2) is 29.4 Å². The van der Waals surface area contributed by atoms with Gasteiger partial charge in [0.2, 0.25) is 5.91 Å². The van der Waals surface area contributed by atoms with Crippen LogP contribution in [0, 0.1) is 5.92 Å². The van der Waals surface area contributed by atoms with E-state index in [1.54, 1.807) is 0 Å². The first-order chi connectivity index (χ1) is 10.1. The van der Waals surface area contributed by atoms with E-state index in [0.29, 0.717) is 12.0 Å². The number of nitrogens with zero attached hydrogens (tertiary/aromatic N) is 1. The Balaban J connectivity index is 0.00000242. The van der Waals surface area contributed by atoms with E-state index in [9.17, 15) is 4.79 Å². The molecule has 22 heavy (non-hydrogen) atoms. The fourth-order valence-corrected chi connectivity index (χ4v) is 3.40. The lowest BCUT2D eigenvalue weighted by Crippen LogP contribution is -2.45. The number of nitrogens with two attached hydrogens (primary N) is 1. The van der Waals surface area contributed by atoms with Crippen molar-refractivity contribution in [3.8, 4) is 0 Å². The Bertz CT molecular complexity index is 463. The van der Waals surface area contributed by atoms with Crippen molar-refractivity contribution in [3.05, 3.63) is 35.9 Å². The van der Waals surface area contributed by atoms with Gasteiger partial charge in [-0.15, -0.1) is 12.4 Å². The molecule has 0 aromatic heterocycles. The quantitative estimate of drug-likeness (QED) is 0.900. The Morgan fingerprint density at radius 1 is 1.32 bits per heavy atom. The summed E-state index contributed by atoms with van der Waals surface area (Å²) in [5.74, 6) is 0.554. The summed E-state index contributed by atoms with van der Waals surface area (Å²) in [4.78, 5) is 14.8. The number of likely N-dealkylation sites (tertiary alicyclic amines) is 1. The van der Waals surface area contributed by atoms with Crippen molar-refractivity contribution in [1.29, 1.82) is 0 Å². The first kappa shape index (κ1) is 19.0. The SMILES string of the molecule is CCC(c1ccccc1)C1CCCN1C(=O)C(C)C(C)N.Cl. The second kappa shape index (κ2) is 8.54. The minimum Gasteiger partial charge on any atom is -0.339 e. The molecule has 1 aliphatic heterocycles. The predicted octanol–water partition coefficient (Wildman–Crippen LogP) is 3.58. The maximum absolute atomic E-state index is 12.7.